The van der Waals surface area contributed by atoms with Crippen LogP contribution >= 0.6 is 22.6 Å². The molecular weight excluding hydrogens is 367 g/mol. The Morgan fingerprint density at radius 3 is 2.35 bits per heavy atom. The number of halogens is 1. The van der Waals surface area contributed by atoms with Gasteiger partial charge in [0.2, 0.25) is 5.78 Å². The Morgan fingerprint density at radius 1 is 1.00 bits per heavy atom. The van der Waals surface area contributed by atoms with Crippen LogP contribution in [0.5, 0.6) is 11.5 Å². The monoisotopic (exact) mass is 382 g/mol. The lowest BCUT2D eigenvalue weighted by Crippen LogP contribution is -2.13. The highest BCUT2D eigenvalue weighted by atomic mass is 127. The molecule has 0 radical (unpaired) electrons. The zero-order valence-corrected chi connectivity index (χ0v) is 13.3. The van der Waals surface area contributed by atoms with Crippen LogP contribution in [0.2, 0.25) is 0 Å². The third kappa shape index (κ3) is 3.72. The van der Waals surface area contributed by atoms with Gasteiger partial charge in [0.25, 0.3) is 0 Å². The van der Waals surface area contributed by atoms with Crippen LogP contribution in [0.25, 0.3) is 0 Å². The topological polar surface area (TPSA) is 35.5 Å². The van der Waals surface area contributed by atoms with E-state index in [2.05, 4.69) is 22.6 Å². The highest BCUT2D eigenvalue weighted by Crippen LogP contribution is 2.22. The molecule has 0 saturated carbocycles. The molecule has 104 valence electrons. The van der Waals surface area contributed by atoms with Gasteiger partial charge >= 0.3 is 0 Å². The molecule has 0 heterocycles. The van der Waals surface area contributed by atoms with Gasteiger partial charge in [-0.15, -0.1) is 0 Å². The van der Waals surface area contributed by atoms with Crippen LogP contribution in [0.4, 0.5) is 0 Å². The van der Waals surface area contributed by atoms with Crippen molar-refractivity contribution in [2.75, 3.05) is 13.2 Å². The average Bonchev–Trinajstić information content (AvgIpc) is 2.47. The molecule has 0 aliphatic carbocycles. The number of carbonyl (C=O) groups excluding carboxylic acids is 1. The first kappa shape index (κ1) is 14.8. The number of ether oxygens (including phenoxy) is 2. The quantitative estimate of drug-likeness (QED) is 0.561. The third-order valence-electron chi connectivity index (χ3n) is 2.68. The van der Waals surface area contributed by atoms with Gasteiger partial charge in [0.05, 0.1) is 15.7 Å². The minimum atomic E-state index is -0.0892. The Balaban J connectivity index is 2.07. The smallest absolute Gasteiger partial charge is 0.203 e. The zero-order chi connectivity index (χ0) is 14.4. The fraction of sp³-hybridized carbons (Fsp3) is 0.188. The van der Waals surface area contributed by atoms with Crippen molar-refractivity contribution in [1.29, 1.82) is 0 Å². The summed E-state index contributed by atoms with van der Waals surface area (Å²) in [5.41, 5.74) is 0.556. The van der Waals surface area contributed by atoms with E-state index in [1.54, 1.807) is 12.1 Å². The molecule has 0 amide bonds. The number of carbonyl (C=O) groups is 1. The summed E-state index contributed by atoms with van der Waals surface area (Å²) in [4.78, 5) is 12.2. The number of para-hydroxylation sites is 2. The molecule has 0 bridgehead atoms. The molecule has 0 spiro atoms. The minimum absolute atomic E-state index is 0.00407. The van der Waals surface area contributed by atoms with Crippen LogP contribution in [0, 0.1) is 3.57 Å². The molecule has 2 rings (SSSR count). The normalized spacial score (nSPS) is 10.1. The summed E-state index contributed by atoms with van der Waals surface area (Å²) < 4.78 is 12.0. The lowest BCUT2D eigenvalue weighted by Gasteiger charge is -2.10. The van der Waals surface area contributed by atoms with E-state index < -0.39 is 0 Å². The van der Waals surface area contributed by atoms with E-state index in [0.29, 0.717) is 17.9 Å². The number of ketones is 1. The molecule has 3 nitrogen and oxygen atoms in total. The molecule has 0 N–H and O–H groups in total. The van der Waals surface area contributed by atoms with Crippen molar-refractivity contribution in [3.8, 4) is 11.5 Å². The Labute approximate surface area is 132 Å². The number of hydrogen-bond acceptors (Lipinski definition) is 3. The van der Waals surface area contributed by atoms with E-state index in [1.807, 2.05) is 43.3 Å². The zero-order valence-electron chi connectivity index (χ0n) is 11.1. The first-order valence-corrected chi connectivity index (χ1v) is 7.42. The van der Waals surface area contributed by atoms with Crippen molar-refractivity contribution in [2.24, 2.45) is 0 Å². The van der Waals surface area contributed by atoms with Gasteiger partial charge in [-0.2, -0.15) is 0 Å². The summed E-state index contributed by atoms with van der Waals surface area (Å²) in [6, 6.07) is 14.8. The molecule has 20 heavy (non-hydrogen) atoms. The van der Waals surface area contributed by atoms with E-state index >= 15 is 0 Å². The summed E-state index contributed by atoms with van der Waals surface area (Å²) in [6.45, 7) is 2.43. The molecule has 0 atom stereocenters. The van der Waals surface area contributed by atoms with E-state index in [9.17, 15) is 4.79 Å². The number of rotatable bonds is 6. The SMILES string of the molecule is CCOc1ccccc1C(=O)COc1ccccc1I. The molecule has 0 aliphatic heterocycles. The van der Waals surface area contributed by atoms with Gasteiger partial charge in [0.15, 0.2) is 6.61 Å². The van der Waals surface area contributed by atoms with E-state index in [-0.39, 0.29) is 12.4 Å². The summed E-state index contributed by atoms with van der Waals surface area (Å²) in [5, 5.41) is 0. The fourth-order valence-electron chi connectivity index (χ4n) is 1.76. The van der Waals surface area contributed by atoms with Crippen LogP contribution in [0.1, 0.15) is 17.3 Å². The summed E-state index contributed by atoms with van der Waals surface area (Å²) in [5.74, 6) is 1.23. The van der Waals surface area contributed by atoms with Crippen LogP contribution in [0.3, 0.4) is 0 Å². The maximum atomic E-state index is 12.2. The molecule has 2 aromatic rings. The van der Waals surface area contributed by atoms with Crippen molar-refractivity contribution in [3.63, 3.8) is 0 Å². The van der Waals surface area contributed by atoms with Gasteiger partial charge in [0.1, 0.15) is 11.5 Å². The Morgan fingerprint density at radius 2 is 1.65 bits per heavy atom. The van der Waals surface area contributed by atoms with Crippen molar-refractivity contribution in [2.45, 2.75) is 6.92 Å². The van der Waals surface area contributed by atoms with Crippen molar-refractivity contribution < 1.29 is 14.3 Å². The summed E-state index contributed by atoms with van der Waals surface area (Å²) >= 11 is 2.18. The number of benzene rings is 2. The Hall–Kier alpha value is -1.56. The van der Waals surface area contributed by atoms with Gasteiger partial charge in [-0.25, -0.2) is 0 Å². The first-order chi connectivity index (χ1) is 9.72. The van der Waals surface area contributed by atoms with Crippen molar-refractivity contribution in [1.82, 2.24) is 0 Å². The Bertz CT molecular complexity index is 596. The molecule has 0 unspecified atom stereocenters. The van der Waals surface area contributed by atoms with Gasteiger partial charge in [0, 0.05) is 0 Å². The van der Waals surface area contributed by atoms with Gasteiger partial charge in [-0.3, -0.25) is 4.79 Å². The van der Waals surface area contributed by atoms with Gasteiger partial charge < -0.3 is 9.47 Å². The first-order valence-electron chi connectivity index (χ1n) is 6.34. The molecule has 2 aromatic carbocycles. The number of Topliss-reactive ketones (excluding diaryl/α,β-unsaturated/α-hetero) is 1. The van der Waals surface area contributed by atoms with Crippen LogP contribution < -0.4 is 9.47 Å². The molecule has 0 saturated heterocycles. The highest BCUT2D eigenvalue weighted by Gasteiger charge is 2.13. The largest absolute Gasteiger partial charge is 0.493 e. The van der Waals surface area contributed by atoms with Crippen molar-refractivity contribution in [3.05, 3.63) is 57.7 Å². The van der Waals surface area contributed by atoms with E-state index in [1.165, 1.54) is 0 Å². The summed E-state index contributed by atoms with van der Waals surface area (Å²) in [6.07, 6.45) is 0. The highest BCUT2D eigenvalue weighted by molar-refractivity contribution is 14.1. The fourth-order valence-corrected chi connectivity index (χ4v) is 2.30. The molecule has 4 heteroatoms. The van der Waals surface area contributed by atoms with Crippen molar-refractivity contribution >= 4 is 28.4 Å². The second kappa shape index (κ2) is 7.28. The molecular formula is C16H15IO3. The van der Waals surface area contributed by atoms with Crippen LogP contribution in [-0.2, 0) is 0 Å². The minimum Gasteiger partial charge on any atom is -0.493 e. The molecule has 0 fully saturated rings. The van der Waals surface area contributed by atoms with E-state index in [4.69, 9.17) is 9.47 Å². The second-order valence-corrected chi connectivity index (χ2v) is 5.23. The average molecular weight is 382 g/mol. The Kier molecular flexibility index (Phi) is 5.40. The predicted molar refractivity (Wildman–Crippen MR) is 86.6 cm³/mol. The number of hydrogen-bond donors (Lipinski definition) is 0. The second-order valence-electron chi connectivity index (χ2n) is 4.07. The molecule has 0 aromatic heterocycles. The van der Waals surface area contributed by atoms with Gasteiger partial charge in [-0.05, 0) is 53.8 Å². The third-order valence-corrected chi connectivity index (χ3v) is 3.57. The standard InChI is InChI=1S/C16H15IO3/c1-2-19-15-9-5-3-7-12(15)14(18)11-20-16-10-6-4-8-13(16)17/h3-10H,2,11H2,1H3. The lowest BCUT2D eigenvalue weighted by atomic mass is 10.1. The van der Waals surface area contributed by atoms with E-state index in [0.717, 1.165) is 9.32 Å². The van der Waals surface area contributed by atoms with Gasteiger partial charge in [-0.1, -0.05) is 24.3 Å². The maximum absolute atomic E-state index is 12.2. The van der Waals surface area contributed by atoms with Crippen LogP contribution in [-0.4, -0.2) is 19.0 Å². The van der Waals surface area contributed by atoms with Crippen LogP contribution in [0.15, 0.2) is 48.5 Å². The predicted octanol–water partition coefficient (Wildman–Crippen LogP) is 3.95. The maximum Gasteiger partial charge on any atom is 0.203 e. The summed E-state index contributed by atoms with van der Waals surface area (Å²) in [7, 11) is 0. The molecule has 0 aliphatic rings. The lowest BCUT2D eigenvalue weighted by molar-refractivity contribution is 0.0917.